The number of imide groups is 1. The number of anilines is 1. The summed E-state index contributed by atoms with van der Waals surface area (Å²) >= 11 is 0. The Morgan fingerprint density at radius 3 is 1.97 bits per heavy atom. The van der Waals surface area contributed by atoms with E-state index in [2.05, 4.69) is 17.1 Å². The number of carbonyl (C=O) groups excluding carboxylic acids is 3. The van der Waals surface area contributed by atoms with Gasteiger partial charge >= 0.3 is 0 Å². The second-order valence-corrected chi connectivity index (χ2v) is 10.1. The van der Waals surface area contributed by atoms with Gasteiger partial charge in [0.15, 0.2) is 5.78 Å². The Kier molecular flexibility index (Phi) is 11.9. The molecule has 0 atom stereocenters. The Balaban J connectivity index is 1.32. The lowest BCUT2D eigenvalue weighted by Crippen LogP contribution is -2.30. The third kappa shape index (κ3) is 8.01. The number of nitrogens with zero attached hydrogens (tertiary/aromatic N) is 2. The predicted molar refractivity (Wildman–Crippen MR) is 147 cm³/mol. The summed E-state index contributed by atoms with van der Waals surface area (Å²) in [6, 6.07) is 6.73. The maximum atomic E-state index is 13.1. The molecule has 1 aromatic carbocycles. The molecule has 0 aliphatic carbocycles. The van der Waals surface area contributed by atoms with Gasteiger partial charge in [0.2, 0.25) is 0 Å². The highest BCUT2D eigenvalue weighted by Gasteiger charge is 2.42. The van der Waals surface area contributed by atoms with Crippen LogP contribution in [0.2, 0.25) is 0 Å². The Hall–Kier alpha value is -2.96. The number of Topliss-reactive ketones (excluding diaryl/α,β-unsaturated/α-hetero) is 1. The van der Waals surface area contributed by atoms with Crippen LogP contribution < -0.4 is 9.64 Å². The van der Waals surface area contributed by atoms with E-state index >= 15 is 0 Å². The van der Waals surface area contributed by atoms with Crippen LogP contribution in [0.1, 0.15) is 141 Å². The van der Waals surface area contributed by atoms with Gasteiger partial charge in [-0.3, -0.25) is 19.5 Å². The van der Waals surface area contributed by atoms with Gasteiger partial charge in [-0.1, -0.05) is 103 Å². The summed E-state index contributed by atoms with van der Waals surface area (Å²) in [4.78, 5) is 39.8. The molecule has 7 nitrogen and oxygen atoms in total. The number of methoxy groups -OCH3 is 1. The van der Waals surface area contributed by atoms with Crippen LogP contribution in [0.15, 0.2) is 24.3 Å². The van der Waals surface area contributed by atoms with Gasteiger partial charge in [-0.05, 0) is 18.6 Å². The molecule has 0 bridgehead atoms. The Morgan fingerprint density at radius 1 is 0.838 bits per heavy atom. The van der Waals surface area contributed by atoms with Crippen LogP contribution in [0.4, 0.5) is 5.69 Å². The van der Waals surface area contributed by atoms with E-state index in [0.29, 0.717) is 17.9 Å². The number of rotatable bonds is 19. The maximum absolute atomic E-state index is 13.1. The Bertz CT molecular complexity index is 1030. The summed E-state index contributed by atoms with van der Waals surface area (Å²) in [5.41, 5.74) is 0.635. The molecule has 1 aliphatic rings. The molecule has 0 unspecified atom stereocenters. The average molecular weight is 510 g/mol. The third-order valence-corrected chi connectivity index (χ3v) is 7.18. The van der Waals surface area contributed by atoms with Crippen LogP contribution >= 0.6 is 0 Å². The van der Waals surface area contributed by atoms with Crippen molar-refractivity contribution in [1.29, 1.82) is 0 Å². The standard InChI is InChI=1S/C30H43N3O4/c1-3-4-5-6-7-8-9-10-11-12-13-14-15-16-17-21-25(34)27-26-28(32-31-27)30(36)33(29(26)35)23-19-18-20-24(22-23)37-2/h18-20,22H,3-17,21H2,1-2H3,(H,31,32). The number of hydrogen-bond donors (Lipinski definition) is 1. The highest BCUT2D eigenvalue weighted by Crippen LogP contribution is 2.31. The van der Waals surface area contributed by atoms with Crippen molar-refractivity contribution in [3.05, 3.63) is 41.2 Å². The molecule has 0 saturated heterocycles. The van der Waals surface area contributed by atoms with Gasteiger partial charge in [0.05, 0.1) is 12.8 Å². The van der Waals surface area contributed by atoms with E-state index in [1.165, 1.54) is 84.2 Å². The maximum Gasteiger partial charge on any atom is 0.284 e. The minimum Gasteiger partial charge on any atom is -0.497 e. The highest BCUT2D eigenvalue weighted by molar-refractivity contribution is 6.35. The quantitative estimate of drug-likeness (QED) is 0.119. The second kappa shape index (κ2) is 15.3. The molecule has 0 radical (unpaired) electrons. The normalized spacial score (nSPS) is 12.9. The number of H-pyrrole nitrogens is 1. The molecule has 1 aliphatic heterocycles. The van der Waals surface area contributed by atoms with Gasteiger partial charge in [0.1, 0.15) is 22.7 Å². The van der Waals surface area contributed by atoms with E-state index in [9.17, 15) is 14.4 Å². The molecular weight excluding hydrogens is 466 g/mol. The number of benzene rings is 1. The van der Waals surface area contributed by atoms with E-state index in [1.807, 2.05) is 0 Å². The first-order valence-electron chi connectivity index (χ1n) is 14.2. The molecule has 0 saturated carbocycles. The van der Waals surface area contributed by atoms with E-state index in [0.717, 1.165) is 24.2 Å². The number of ether oxygens (including phenoxy) is 1. The first-order chi connectivity index (χ1) is 18.1. The lowest BCUT2D eigenvalue weighted by Gasteiger charge is -2.15. The zero-order valence-electron chi connectivity index (χ0n) is 22.7. The molecule has 0 spiro atoms. The molecule has 1 aromatic heterocycles. The molecule has 7 heteroatoms. The minimum atomic E-state index is -0.526. The van der Waals surface area contributed by atoms with Gasteiger partial charge in [-0.25, -0.2) is 4.90 Å². The Labute approximate surface area is 221 Å². The van der Waals surface area contributed by atoms with Crippen LogP contribution in [0, 0.1) is 0 Å². The minimum absolute atomic E-state index is 0.0732. The van der Waals surface area contributed by atoms with Crippen LogP contribution in [-0.2, 0) is 0 Å². The number of nitrogens with one attached hydrogen (secondary N) is 1. The van der Waals surface area contributed by atoms with Gasteiger partial charge in [0, 0.05) is 12.5 Å². The summed E-state index contributed by atoms with van der Waals surface area (Å²) in [7, 11) is 1.52. The molecule has 3 rings (SSSR count). The van der Waals surface area contributed by atoms with Crippen LogP contribution in [-0.4, -0.2) is 34.9 Å². The number of ketones is 1. The fourth-order valence-corrected chi connectivity index (χ4v) is 4.98. The van der Waals surface area contributed by atoms with Gasteiger partial charge in [-0.15, -0.1) is 0 Å². The van der Waals surface area contributed by atoms with Crippen molar-refractivity contribution in [3.8, 4) is 5.75 Å². The molecule has 37 heavy (non-hydrogen) atoms. The summed E-state index contributed by atoms with van der Waals surface area (Å²) < 4.78 is 5.20. The molecule has 2 heterocycles. The monoisotopic (exact) mass is 509 g/mol. The zero-order chi connectivity index (χ0) is 26.5. The third-order valence-electron chi connectivity index (χ3n) is 7.18. The van der Waals surface area contributed by atoms with E-state index in [1.54, 1.807) is 24.3 Å². The fourth-order valence-electron chi connectivity index (χ4n) is 4.98. The van der Waals surface area contributed by atoms with Crippen molar-refractivity contribution in [2.24, 2.45) is 0 Å². The molecule has 0 fully saturated rings. The number of hydrogen-bond acceptors (Lipinski definition) is 5. The van der Waals surface area contributed by atoms with Crippen molar-refractivity contribution < 1.29 is 19.1 Å². The number of fused-ring (bicyclic) bond motifs is 1. The van der Waals surface area contributed by atoms with E-state index in [4.69, 9.17) is 4.74 Å². The summed E-state index contributed by atoms with van der Waals surface area (Å²) in [6.07, 6.45) is 19.3. The lowest BCUT2D eigenvalue weighted by molar-refractivity contribution is 0.0910. The van der Waals surface area contributed by atoms with Crippen molar-refractivity contribution in [3.63, 3.8) is 0 Å². The van der Waals surface area contributed by atoms with Crippen LogP contribution in [0.3, 0.4) is 0 Å². The summed E-state index contributed by atoms with van der Waals surface area (Å²) in [5.74, 6) is -0.689. The van der Waals surface area contributed by atoms with E-state index < -0.39 is 11.8 Å². The number of aromatic amines is 1. The number of unbranched alkanes of at least 4 members (excludes halogenated alkanes) is 14. The SMILES string of the molecule is CCCCCCCCCCCCCCCCCC(=O)c1n[nH]c2c1C(=O)N(c1cccc(OC)c1)C2=O. The largest absolute Gasteiger partial charge is 0.497 e. The fraction of sp³-hybridized carbons (Fsp3) is 0.600. The van der Waals surface area contributed by atoms with Gasteiger partial charge in [-0.2, -0.15) is 5.10 Å². The topological polar surface area (TPSA) is 92.4 Å². The van der Waals surface area contributed by atoms with Crippen molar-refractivity contribution in [2.45, 2.75) is 110 Å². The summed E-state index contributed by atoms with van der Waals surface area (Å²) in [5, 5.41) is 6.64. The first kappa shape index (κ1) is 28.6. The predicted octanol–water partition coefficient (Wildman–Crippen LogP) is 7.66. The first-order valence-corrected chi connectivity index (χ1v) is 14.2. The smallest absolute Gasteiger partial charge is 0.284 e. The van der Waals surface area contributed by atoms with Crippen molar-refractivity contribution >= 4 is 23.3 Å². The summed E-state index contributed by atoms with van der Waals surface area (Å²) in [6.45, 7) is 2.26. The van der Waals surface area contributed by atoms with Gasteiger partial charge < -0.3 is 4.74 Å². The molecule has 1 N–H and O–H groups in total. The lowest BCUT2D eigenvalue weighted by atomic mass is 10.0. The van der Waals surface area contributed by atoms with Crippen molar-refractivity contribution in [1.82, 2.24) is 10.2 Å². The van der Waals surface area contributed by atoms with Crippen LogP contribution in [0.5, 0.6) is 5.75 Å². The molecule has 202 valence electrons. The van der Waals surface area contributed by atoms with E-state index in [-0.39, 0.29) is 22.7 Å². The molecule has 2 aromatic rings. The number of amides is 2. The van der Waals surface area contributed by atoms with Crippen LogP contribution in [0.25, 0.3) is 0 Å². The Morgan fingerprint density at radius 2 is 1.41 bits per heavy atom. The van der Waals surface area contributed by atoms with Gasteiger partial charge in [0.25, 0.3) is 11.8 Å². The highest BCUT2D eigenvalue weighted by atomic mass is 16.5. The molecular formula is C30H43N3O4. The van der Waals surface area contributed by atoms with Crippen molar-refractivity contribution in [2.75, 3.05) is 12.0 Å². The number of aromatic nitrogens is 2. The molecule has 2 amide bonds. The average Bonchev–Trinajstić information content (AvgIpc) is 3.46. The zero-order valence-corrected chi connectivity index (χ0v) is 22.7. The number of carbonyl (C=O) groups is 3. The second-order valence-electron chi connectivity index (χ2n) is 10.1.